The molecule has 0 spiro atoms. The first-order valence-corrected chi connectivity index (χ1v) is 11.9. The maximum absolute atomic E-state index is 12.3. The van der Waals surface area contributed by atoms with Crippen LogP contribution in [0.2, 0.25) is 0 Å². The third kappa shape index (κ3) is 3.01. The lowest BCUT2D eigenvalue weighted by molar-refractivity contribution is -0.152. The molecule has 172 valence electrons. The van der Waals surface area contributed by atoms with E-state index in [1.807, 2.05) is 13.8 Å². The van der Waals surface area contributed by atoms with E-state index < -0.39 is 17.0 Å². The fourth-order valence-electron chi connectivity index (χ4n) is 7.36. The second-order valence-electron chi connectivity index (χ2n) is 11.1. The number of hydrogen-bond donors (Lipinski definition) is 2. The summed E-state index contributed by atoms with van der Waals surface area (Å²) in [5.41, 5.74) is 8.26. The topological polar surface area (TPSA) is 111 Å². The number of carbonyl (C=O) groups is 1. The standard InChI is InChI=1S/C26H30N4O3/c1-24(2)20(30-19-21(27)28-14-29-22(19)33-24)15-5-7-18(8-6-15)25-9-3-4-16-10-26(13-25,23(31)32)12-17(16)11-25/h5-8,14,16-17H,3-4,9-13H2,1-2H3,(H,31,32)(H2,27,28,29). The SMILES string of the molecule is CC1(C)Oc2ncnc(N)c2N=C1c1ccc(C23CCCC4CC(C(=O)O)(CC4C2)C3)cc1. The van der Waals surface area contributed by atoms with E-state index in [2.05, 4.69) is 34.2 Å². The fourth-order valence-corrected chi connectivity index (χ4v) is 7.36. The highest BCUT2D eigenvalue weighted by Gasteiger charge is 2.60. The summed E-state index contributed by atoms with van der Waals surface area (Å²) in [7, 11) is 0. The van der Waals surface area contributed by atoms with Crippen LogP contribution in [0.15, 0.2) is 35.6 Å². The van der Waals surface area contributed by atoms with Crippen molar-refractivity contribution in [2.75, 3.05) is 5.73 Å². The predicted octanol–water partition coefficient (Wildman–Crippen LogP) is 4.66. The van der Waals surface area contributed by atoms with Crippen molar-refractivity contribution in [3.05, 3.63) is 41.7 Å². The third-order valence-corrected chi connectivity index (χ3v) is 8.72. The zero-order chi connectivity index (χ0) is 23.0. The van der Waals surface area contributed by atoms with E-state index in [9.17, 15) is 9.90 Å². The van der Waals surface area contributed by atoms with Crippen molar-refractivity contribution in [2.45, 2.75) is 69.8 Å². The number of carboxylic acids is 1. The van der Waals surface area contributed by atoms with Crippen molar-refractivity contribution in [2.24, 2.45) is 22.2 Å². The molecule has 3 aliphatic carbocycles. The molecule has 3 fully saturated rings. The molecule has 7 heteroatoms. The molecule has 33 heavy (non-hydrogen) atoms. The molecule has 1 aliphatic heterocycles. The van der Waals surface area contributed by atoms with Gasteiger partial charge >= 0.3 is 5.97 Å². The second-order valence-corrected chi connectivity index (χ2v) is 11.1. The summed E-state index contributed by atoms with van der Waals surface area (Å²) >= 11 is 0. The molecule has 4 unspecified atom stereocenters. The highest BCUT2D eigenvalue weighted by Crippen LogP contribution is 2.65. The van der Waals surface area contributed by atoms with E-state index in [1.54, 1.807) is 0 Å². The van der Waals surface area contributed by atoms with E-state index in [1.165, 1.54) is 24.7 Å². The molecule has 0 radical (unpaired) electrons. The van der Waals surface area contributed by atoms with Crippen LogP contribution in [0.4, 0.5) is 11.5 Å². The van der Waals surface area contributed by atoms with Gasteiger partial charge in [0.2, 0.25) is 5.88 Å². The third-order valence-electron chi connectivity index (χ3n) is 8.72. The minimum atomic E-state index is -0.666. The zero-order valence-corrected chi connectivity index (χ0v) is 19.2. The first-order valence-electron chi connectivity index (χ1n) is 11.9. The number of aliphatic carboxylic acids is 1. The maximum Gasteiger partial charge on any atom is 0.309 e. The second kappa shape index (κ2) is 6.78. The van der Waals surface area contributed by atoms with Gasteiger partial charge in [-0.3, -0.25) is 4.79 Å². The summed E-state index contributed by atoms with van der Waals surface area (Å²) in [6, 6.07) is 8.58. The smallest absolute Gasteiger partial charge is 0.309 e. The number of hydrogen-bond acceptors (Lipinski definition) is 6. The fraction of sp³-hybridized carbons (Fsp3) is 0.538. The summed E-state index contributed by atoms with van der Waals surface area (Å²) in [5.74, 6) is 1.22. The van der Waals surface area contributed by atoms with Gasteiger partial charge in [0.25, 0.3) is 0 Å². The maximum atomic E-state index is 12.3. The van der Waals surface area contributed by atoms with Gasteiger partial charge in [-0.25, -0.2) is 9.98 Å². The molecule has 0 saturated heterocycles. The van der Waals surface area contributed by atoms with Crippen LogP contribution in [0.3, 0.4) is 0 Å². The molecule has 3 bridgehead atoms. The minimum Gasteiger partial charge on any atom is -0.481 e. The van der Waals surface area contributed by atoms with Crippen LogP contribution >= 0.6 is 0 Å². The van der Waals surface area contributed by atoms with Crippen molar-refractivity contribution in [3.63, 3.8) is 0 Å². The van der Waals surface area contributed by atoms with Gasteiger partial charge in [0.05, 0.1) is 11.1 Å². The van der Waals surface area contributed by atoms with Gasteiger partial charge in [-0.2, -0.15) is 4.98 Å². The number of carboxylic acid groups (broad SMARTS) is 1. The van der Waals surface area contributed by atoms with Crippen LogP contribution in [0.25, 0.3) is 0 Å². The molecule has 1 aromatic carbocycles. The molecular formula is C26H30N4O3. The summed E-state index contributed by atoms with van der Waals surface area (Å²) in [5, 5.41) is 10.2. The number of anilines is 1. The van der Waals surface area contributed by atoms with E-state index >= 15 is 0 Å². The summed E-state index contributed by atoms with van der Waals surface area (Å²) < 4.78 is 6.13. The van der Waals surface area contributed by atoms with Crippen LogP contribution in [0, 0.1) is 17.3 Å². The number of aromatic nitrogens is 2. The minimum absolute atomic E-state index is 0.0453. The Morgan fingerprint density at radius 3 is 2.64 bits per heavy atom. The van der Waals surface area contributed by atoms with Crippen LogP contribution in [-0.4, -0.2) is 32.4 Å². The molecule has 4 atom stereocenters. The van der Waals surface area contributed by atoms with Gasteiger partial charge < -0.3 is 15.6 Å². The van der Waals surface area contributed by atoms with Gasteiger partial charge in [0.1, 0.15) is 11.9 Å². The summed E-state index contributed by atoms with van der Waals surface area (Å²) in [4.78, 5) is 25.4. The summed E-state index contributed by atoms with van der Waals surface area (Å²) in [6.07, 6.45) is 8.41. The predicted molar refractivity (Wildman–Crippen MR) is 125 cm³/mol. The monoisotopic (exact) mass is 446 g/mol. The van der Waals surface area contributed by atoms with Gasteiger partial charge in [0, 0.05) is 5.56 Å². The van der Waals surface area contributed by atoms with E-state index in [0.29, 0.717) is 29.2 Å². The van der Waals surface area contributed by atoms with Crippen LogP contribution < -0.4 is 10.5 Å². The van der Waals surface area contributed by atoms with Crippen molar-refractivity contribution < 1.29 is 14.6 Å². The number of nitrogens with zero attached hydrogens (tertiary/aromatic N) is 3. The highest BCUT2D eigenvalue weighted by atomic mass is 16.5. The largest absolute Gasteiger partial charge is 0.481 e. The lowest BCUT2D eigenvalue weighted by Crippen LogP contribution is -2.43. The van der Waals surface area contributed by atoms with Gasteiger partial charge in [-0.1, -0.05) is 37.1 Å². The Bertz CT molecular complexity index is 1170. The van der Waals surface area contributed by atoms with E-state index in [0.717, 1.165) is 43.4 Å². The number of aliphatic imine (C=N–C) groups is 1. The van der Waals surface area contributed by atoms with E-state index in [4.69, 9.17) is 15.5 Å². The average Bonchev–Trinajstić information content (AvgIpc) is 2.96. The Balaban J connectivity index is 1.38. The Morgan fingerprint density at radius 2 is 1.88 bits per heavy atom. The highest BCUT2D eigenvalue weighted by molar-refractivity contribution is 6.09. The molecule has 3 N–H and O–H groups in total. The quantitative estimate of drug-likeness (QED) is 0.709. The lowest BCUT2D eigenvalue weighted by atomic mass is 9.58. The van der Waals surface area contributed by atoms with Crippen LogP contribution in [0.5, 0.6) is 5.88 Å². The van der Waals surface area contributed by atoms with Crippen molar-refractivity contribution in [1.29, 1.82) is 0 Å². The number of ether oxygens (including phenoxy) is 1. The Hall–Kier alpha value is -2.96. The van der Waals surface area contributed by atoms with Crippen molar-refractivity contribution >= 4 is 23.2 Å². The van der Waals surface area contributed by atoms with E-state index in [-0.39, 0.29) is 5.41 Å². The Kier molecular flexibility index (Phi) is 4.24. The first-order chi connectivity index (χ1) is 15.7. The van der Waals surface area contributed by atoms with Crippen molar-refractivity contribution in [3.8, 4) is 5.88 Å². The molecule has 4 aliphatic rings. The van der Waals surface area contributed by atoms with Gasteiger partial charge in [0.15, 0.2) is 11.5 Å². The van der Waals surface area contributed by atoms with Crippen molar-refractivity contribution in [1.82, 2.24) is 9.97 Å². The molecule has 6 rings (SSSR count). The van der Waals surface area contributed by atoms with Crippen LogP contribution in [-0.2, 0) is 10.2 Å². The first kappa shape index (κ1) is 20.6. The molecule has 7 nitrogen and oxygen atoms in total. The Labute approximate surface area is 193 Å². The zero-order valence-electron chi connectivity index (χ0n) is 19.2. The van der Waals surface area contributed by atoms with Crippen LogP contribution in [0.1, 0.15) is 69.9 Å². The molecule has 2 heterocycles. The number of nitrogen functional groups attached to an aromatic ring is 1. The van der Waals surface area contributed by atoms with Gasteiger partial charge in [-0.15, -0.1) is 0 Å². The normalized spacial score (nSPS) is 33.6. The number of benzene rings is 1. The lowest BCUT2D eigenvalue weighted by Gasteiger charge is -2.45. The molecule has 2 aromatic rings. The number of fused-ring (bicyclic) bond motifs is 3. The molecular weight excluding hydrogens is 416 g/mol. The van der Waals surface area contributed by atoms with Gasteiger partial charge in [-0.05, 0) is 68.8 Å². The number of nitrogens with two attached hydrogens (primary N) is 1. The molecule has 0 amide bonds. The molecule has 3 saturated carbocycles. The average molecular weight is 447 g/mol. The molecule has 1 aromatic heterocycles. The Morgan fingerprint density at radius 1 is 1.12 bits per heavy atom. The number of rotatable bonds is 3. The summed E-state index contributed by atoms with van der Waals surface area (Å²) in [6.45, 7) is 3.95.